The van der Waals surface area contributed by atoms with Crippen LogP contribution >= 0.6 is 0 Å². The fourth-order valence-corrected chi connectivity index (χ4v) is 2.41. The lowest BCUT2D eigenvalue weighted by molar-refractivity contribution is 0.123. The Bertz CT molecular complexity index is 544. The average Bonchev–Trinajstić information content (AvgIpc) is 3.45. The summed E-state index contributed by atoms with van der Waals surface area (Å²) in [5, 5.41) is 6.67. The molecular formula is C20H34N4O2. The number of hydrogen-bond donors (Lipinski definition) is 2. The van der Waals surface area contributed by atoms with Gasteiger partial charge in [-0.25, -0.2) is 0 Å². The van der Waals surface area contributed by atoms with Gasteiger partial charge in [0.1, 0.15) is 12.4 Å². The van der Waals surface area contributed by atoms with E-state index in [9.17, 15) is 0 Å². The molecule has 0 heterocycles. The van der Waals surface area contributed by atoms with Crippen LogP contribution in [0.2, 0.25) is 0 Å². The maximum atomic E-state index is 5.79. The summed E-state index contributed by atoms with van der Waals surface area (Å²) in [6.07, 6.45) is 3.68. The number of benzene rings is 1. The number of nitrogens with one attached hydrogen (secondary N) is 2. The Morgan fingerprint density at radius 2 is 2.08 bits per heavy atom. The first-order valence-corrected chi connectivity index (χ1v) is 9.56. The summed E-state index contributed by atoms with van der Waals surface area (Å²) in [6, 6.07) is 8.18. The van der Waals surface area contributed by atoms with Gasteiger partial charge >= 0.3 is 0 Å². The van der Waals surface area contributed by atoms with Crippen LogP contribution in [0.4, 0.5) is 0 Å². The molecule has 6 heteroatoms. The highest BCUT2D eigenvalue weighted by Crippen LogP contribution is 2.28. The quantitative estimate of drug-likeness (QED) is 0.339. The molecule has 0 atom stereocenters. The number of rotatable bonds is 12. The molecule has 1 aliphatic carbocycles. The van der Waals surface area contributed by atoms with Crippen molar-refractivity contribution in [2.75, 3.05) is 54.1 Å². The normalized spacial score (nSPS) is 14.5. The van der Waals surface area contributed by atoms with Crippen molar-refractivity contribution in [3.05, 3.63) is 29.8 Å². The van der Waals surface area contributed by atoms with E-state index < -0.39 is 0 Å². The smallest absolute Gasteiger partial charge is 0.191 e. The van der Waals surface area contributed by atoms with E-state index in [-0.39, 0.29) is 0 Å². The largest absolute Gasteiger partial charge is 0.492 e. The topological polar surface area (TPSA) is 58.1 Å². The highest BCUT2D eigenvalue weighted by atomic mass is 16.5. The second-order valence-electron chi connectivity index (χ2n) is 7.02. The number of guanidine groups is 1. The third-order valence-electron chi connectivity index (χ3n) is 4.20. The van der Waals surface area contributed by atoms with E-state index in [1.165, 1.54) is 18.4 Å². The molecule has 0 spiro atoms. The number of hydrogen-bond acceptors (Lipinski definition) is 4. The van der Waals surface area contributed by atoms with Crippen molar-refractivity contribution in [3.63, 3.8) is 0 Å². The van der Waals surface area contributed by atoms with Crippen LogP contribution in [0.1, 0.15) is 24.8 Å². The van der Waals surface area contributed by atoms with Crippen LogP contribution in [0, 0.1) is 5.92 Å². The molecular weight excluding hydrogens is 328 g/mol. The van der Waals surface area contributed by atoms with Gasteiger partial charge in [-0.3, -0.25) is 4.99 Å². The minimum absolute atomic E-state index is 0.690. The zero-order valence-electron chi connectivity index (χ0n) is 16.5. The summed E-state index contributed by atoms with van der Waals surface area (Å²) in [5.41, 5.74) is 1.17. The predicted octanol–water partition coefficient (Wildman–Crippen LogP) is 2.11. The van der Waals surface area contributed by atoms with E-state index in [4.69, 9.17) is 9.47 Å². The fourth-order valence-electron chi connectivity index (χ4n) is 2.41. The van der Waals surface area contributed by atoms with Crippen molar-refractivity contribution in [3.8, 4) is 5.75 Å². The van der Waals surface area contributed by atoms with Crippen molar-refractivity contribution < 1.29 is 9.47 Å². The summed E-state index contributed by atoms with van der Waals surface area (Å²) in [4.78, 5) is 6.38. The second-order valence-corrected chi connectivity index (χ2v) is 7.02. The lowest BCUT2D eigenvalue weighted by Gasteiger charge is -2.14. The van der Waals surface area contributed by atoms with Crippen molar-refractivity contribution in [1.82, 2.24) is 15.5 Å². The van der Waals surface area contributed by atoms with Crippen LogP contribution in [-0.4, -0.2) is 64.9 Å². The molecule has 0 amide bonds. The Morgan fingerprint density at radius 3 is 2.81 bits per heavy atom. The zero-order chi connectivity index (χ0) is 18.6. The molecule has 1 fully saturated rings. The van der Waals surface area contributed by atoms with Crippen LogP contribution in [0.25, 0.3) is 0 Å². The minimum atomic E-state index is 0.690. The predicted molar refractivity (Wildman–Crippen MR) is 107 cm³/mol. The zero-order valence-corrected chi connectivity index (χ0v) is 16.5. The summed E-state index contributed by atoms with van der Waals surface area (Å²) in [5.74, 6) is 2.55. The summed E-state index contributed by atoms with van der Waals surface area (Å²) in [6.45, 7) is 4.91. The van der Waals surface area contributed by atoms with Gasteiger partial charge in [-0.05, 0) is 57.0 Å². The molecule has 0 unspecified atom stereocenters. The second kappa shape index (κ2) is 11.8. The SMILES string of the molecule is CN=C(NCCCOCC1CC1)NCc1cccc(OCCN(C)C)c1. The Labute approximate surface area is 158 Å². The number of nitrogens with zero attached hydrogens (tertiary/aromatic N) is 2. The van der Waals surface area contributed by atoms with Gasteiger partial charge in [0.25, 0.3) is 0 Å². The molecule has 26 heavy (non-hydrogen) atoms. The monoisotopic (exact) mass is 362 g/mol. The third-order valence-corrected chi connectivity index (χ3v) is 4.20. The number of aliphatic imine (C=N–C) groups is 1. The fraction of sp³-hybridized carbons (Fsp3) is 0.650. The molecule has 146 valence electrons. The highest BCUT2D eigenvalue weighted by molar-refractivity contribution is 5.79. The lowest BCUT2D eigenvalue weighted by Crippen LogP contribution is -2.37. The first-order valence-electron chi connectivity index (χ1n) is 9.56. The number of likely N-dealkylation sites (N-methyl/N-ethyl adjacent to an activating group) is 1. The van der Waals surface area contributed by atoms with E-state index in [0.717, 1.165) is 50.4 Å². The summed E-state index contributed by atoms with van der Waals surface area (Å²) >= 11 is 0. The van der Waals surface area contributed by atoms with Gasteiger partial charge in [-0.1, -0.05) is 12.1 Å². The summed E-state index contributed by atoms with van der Waals surface area (Å²) in [7, 11) is 5.88. The van der Waals surface area contributed by atoms with E-state index >= 15 is 0 Å². The average molecular weight is 363 g/mol. The van der Waals surface area contributed by atoms with Gasteiger partial charge < -0.3 is 25.0 Å². The highest BCUT2D eigenvalue weighted by Gasteiger charge is 2.20. The van der Waals surface area contributed by atoms with Crippen LogP contribution in [0.5, 0.6) is 5.75 Å². The van der Waals surface area contributed by atoms with E-state index in [1.807, 2.05) is 26.2 Å². The van der Waals surface area contributed by atoms with Crippen molar-refractivity contribution >= 4 is 5.96 Å². The van der Waals surface area contributed by atoms with Gasteiger partial charge in [0.05, 0.1) is 0 Å². The first kappa shape index (κ1) is 20.5. The van der Waals surface area contributed by atoms with Gasteiger partial charge in [0.2, 0.25) is 0 Å². The van der Waals surface area contributed by atoms with Gasteiger partial charge in [-0.2, -0.15) is 0 Å². The molecule has 0 aromatic heterocycles. The Hall–Kier alpha value is -1.79. The van der Waals surface area contributed by atoms with Crippen LogP contribution in [0.15, 0.2) is 29.3 Å². The maximum Gasteiger partial charge on any atom is 0.191 e. The number of ether oxygens (including phenoxy) is 2. The van der Waals surface area contributed by atoms with Crippen molar-refractivity contribution in [1.29, 1.82) is 0 Å². The Kier molecular flexibility index (Phi) is 9.28. The van der Waals surface area contributed by atoms with E-state index in [1.54, 1.807) is 7.05 Å². The van der Waals surface area contributed by atoms with Gasteiger partial charge in [-0.15, -0.1) is 0 Å². The Balaban J connectivity index is 1.61. The van der Waals surface area contributed by atoms with Crippen LogP contribution in [0.3, 0.4) is 0 Å². The van der Waals surface area contributed by atoms with E-state index in [0.29, 0.717) is 13.2 Å². The van der Waals surface area contributed by atoms with Gasteiger partial charge in [0, 0.05) is 39.9 Å². The molecule has 2 rings (SSSR count). The molecule has 1 aliphatic rings. The van der Waals surface area contributed by atoms with E-state index in [2.05, 4.69) is 32.7 Å². The first-order chi connectivity index (χ1) is 12.7. The standard InChI is InChI=1S/C20H34N4O2/c1-21-20(22-10-5-12-25-16-17-8-9-17)23-15-18-6-4-7-19(14-18)26-13-11-24(2)3/h4,6-7,14,17H,5,8-13,15-16H2,1-3H3,(H2,21,22,23). The molecule has 1 aromatic carbocycles. The van der Waals surface area contributed by atoms with Gasteiger partial charge in [0.15, 0.2) is 5.96 Å². The van der Waals surface area contributed by atoms with Crippen LogP contribution in [-0.2, 0) is 11.3 Å². The summed E-state index contributed by atoms with van der Waals surface area (Å²) < 4.78 is 11.4. The molecule has 0 radical (unpaired) electrons. The molecule has 2 N–H and O–H groups in total. The molecule has 1 saturated carbocycles. The molecule has 6 nitrogen and oxygen atoms in total. The molecule has 0 saturated heterocycles. The molecule has 1 aromatic rings. The molecule has 0 aliphatic heterocycles. The minimum Gasteiger partial charge on any atom is -0.492 e. The molecule has 0 bridgehead atoms. The Morgan fingerprint density at radius 1 is 1.23 bits per heavy atom. The lowest BCUT2D eigenvalue weighted by atomic mass is 10.2. The maximum absolute atomic E-state index is 5.79. The van der Waals surface area contributed by atoms with Crippen molar-refractivity contribution in [2.45, 2.75) is 25.8 Å². The van der Waals surface area contributed by atoms with Crippen LogP contribution < -0.4 is 15.4 Å². The van der Waals surface area contributed by atoms with Crippen molar-refractivity contribution in [2.24, 2.45) is 10.9 Å². The third kappa shape index (κ3) is 9.06.